The van der Waals surface area contributed by atoms with E-state index in [0.29, 0.717) is 0 Å². The first-order valence-electron chi connectivity index (χ1n) is 9.29. The average Bonchev–Trinajstić information content (AvgIpc) is 2.54. The van der Waals surface area contributed by atoms with Gasteiger partial charge in [-0.3, -0.25) is 0 Å². The van der Waals surface area contributed by atoms with E-state index in [1.54, 1.807) is 0 Å². The van der Waals surface area contributed by atoms with Crippen molar-refractivity contribution >= 4 is 0 Å². The Bertz CT molecular complexity index is 347. The van der Waals surface area contributed by atoms with Crippen LogP contribution in [0.5, 0.6) is 5.75 Å². The first kappa shape index (κ1) is 19.0. The van der Waals surface area contributed by atoms with Crippen LogP contribution in [0.3, 0.4) is 0 Å². The molecule has 22 heavy (non-hydrogen) atoms. The van der Waals surface area contributed by atoms with Gasteiger partial charge in [-0.25, -0.2) is 0 Å². The number of benzene rings is 1. The minimum atomic E-state index is 0.736. The second-order valence-electron chi connectivity index (χ2n) is 6.05. The van der Waals surface area contributed by atoms with Crippen LogP contribution < -0.4 is 10.1 Å². The summed E-state index contributed by atoms with van der Waals surface area (Å²) in [6.45, 7) is 7.26. The maximum atomic E-state index is 5.46. The first-order valence-corrected chi connectivity index (χ1v) is 9.29. The molecule has 0 saturated heterocycles. The van der Waals surface area contributed by atoms with Crippen LogP contribution in [0.2, 0.25) is 0 Å². The van der Waals surface area contributed by atoms with Crippen LogP contribution >= 0.6 is 0 Å². The zero-order valence-electron chi connectivity index (χ0n) is 14.7. The SMILES string of the molecule is CCCCCCCCCCNCCc1ccc(OCC)cc1. The Morgan fingerprint density at radius 2 is 1.41 bits per heavy atom. The molecule has 0 heterocycles. The Hall–Kier alpha value is -1.02. The summed E-state index contributed by atoms with van der Waals surface area (Å²) < 4.78 is 5.46. The van der Waals surface area contributed by atoms with E-state index >= 15 is 0 Å². The molecule has 1 N–H and O–H groups in total. The van der Waals surface area contributed by atoms with E-state index in [0.717, 1.165) is 31.9 Å². The minimum absolute atomic E-state index is 0.736. The zero-order chi connectivity index (χ0) is 15.9. The quantitative estimate of drug-likeness (QED) is 0.467. The van der Waals surface area contributed by atoms with E-state index in [9.17, 15) is 0 Å². The third kappa shape index (κ3) is 9.83. The van der Waals surface area contributed by atoms with Gasteiger partial charge >= 0.3 is 0 Å². The summed E-state index contributed by atoms with van der Waals surface area (Å²) in [5.74, 6) is 0.971. The summed E-state index contributed by atoms with van der Waals surface area (Å²) in [6, 6.07) is 8.47. The molecule has 1 aromatic carbocycles. The van der Waals surface area contributed by atoms with Gasteiger partial charge in [0.1, 0.15) is 5.75 Å². The summed E-state index contributed by atoms with van der Waals surface area (Å²) in [5.41, 5.74) is 1.38. The fourth-order valence-electron chi connectivity index (χ4n) is 2.66. The highest BCUT2D eigenvalue weighted by Gasteiger charge is 1.96. The number of rotatable bonds is 14. The Balaban J connectivity index is 1.90. The van der Waals surface area contributed by atoms with Crippen LogP contribution in [0.1, 0.15) is 70.8 Å². The molecule has 0 radical (unpaired) electrons. The highest BCUT2D eigenvalue weighted by molar-refractivity contribution is 5.27. The lowest BCUT2D eigenvalue weighted by atomic mass is 10.1. The molecule has 0 atom stereocenters. The lowest BCUT2D eigenvalue weighted by molar-refractivity contribution is 0.340. The number of hydrogen-bond donors (Lipinski definition) is 1. The van der Waals surface area contributed by atoms with E-state index in [2.05, 4.69) is 36.5 Å². The Morgan fingerprint density at radius 1 is 0.773 bits per heavy atom. The van der Waals surface area contributed by atoms with E-state index in [1.165, 1.54) is 56.9 Å². The first-order chi connectivity index (χ1) is 10.9. The average molecular weight is 306 g/mol. The fraction of sp³-hybridized carbons (Fsp3) is 0.700. The molecule has 0 amide bonds. The van der Waals surface area contributed by atoms with Crippen molar-refractivity contribution in [1.29, 1.82) is 0 Å². The molecule has 1 aromatic rings. The summed E-state index contributed by atoms with van der Waals surface area (Å²) in [7, 11) is 0. The molecule has 0 aliphatic carbocycles. The molecule has 1 rings (SSSR count). The molecular weight excluding hydrogens is 270 g/mol. The number of ether oxygens (including phenoxy) is 1. The van der Waals surface area contributed by atoms with Gasteiger partial charge in [-0.15, -0.1) is 0 Å². The van der Waals surface area contributed by atoms with Gasteiger partial charge in [0.25, 0.3) is 0 Å². The van der Waals surface area contributed by atoms with Gasteiger partial charge in [0.2, 0.25) is 0 Å². The fourth-order valence-corrected chi connectivity index (χ4v) is 2.66. The minimum Gasteiger partial charge on any atom is -0.494 e. The van der Waals surface area contributed by atoms with Crippen LogP contribution in [0.4, 0.5) is 0 Å². The van der Waals surface area contributed by atoms with Gasteiger partial charge in [-0.05, 0) is 50.6 Å². The van der Waals surface area contributed by atoms with E-state index in [1.807, 2.05) is 6.92 Å². The molecule has 126 valence electrons. The summed E-state index contributed by atoms with van der Waals surface area (Å²) >= 11 is 0. The summed E-state index contributed by atoms with van der Waals surface area (Å²) in [5, 5.41) is 3.55. The molecule has 0 aromatic heterocycles. The van der Waals surface area contributed by atoms with Crippen molar-refractivity contribution in [2.75, 3.05) is 19.7 Å². The van der Waals surface area contributed by atoms with Crippen molar-refractivity contribution < 1.29 is 4.74 Å². The van der Waals surface area contributed by atoms with Crippen molar-refractivity contribution in [2.45, 2.75) is 71.6 Å². The molecule has 0 saturated carbocycles. The lowest BCUT2D eigenvalue weighted by Gasteiger charge is -2.07. The van der Waals surface area contributed by atoms with Gasteiger partial charge in [0, 0.05) is 0 Å². The Morgan fingerprint density at radius 3 is 2.05 bits per heavy atom. The molecule has 2 nitrogen and oxygen atoms in total. The highest BCUT2D eigenvalue weighted by Crippen LogP contribution is 2.12. The van der Waals surface area contributed by atoms with Crippen molar-refractivity contribution in [3.05, 3.63) is 29.8 Å². The standard InChI is InChI=1S/C20H35NO/c1-3-5-6-7-8-9-10-11-17-21-18-16-19-12-14-20(15-13-19)22-4-2/h12-15,21H,3-11,16-18H2,1-2H3. The van der Waals surface area contributed by atoms with Crippen molar-refractivity contribution in [2.24, 2.45) is 0 Å². The van der Waals surface area contributed by atoms with Crippen molar-refractivity contribution in [1.82, 2.24) is 5.32 Å². The van der Waals surface area contributed by atoms with E-state index in [-0.39, 0.29) is 0 Å². The Kier molecular flexibility index (Phi) is 11.8. The topological polar surface area (TPSA) is 21.3 Å². The van der Waals surface area contributed by atoms with E-state index in [4.69, 9.17) is 4.74 Å². The monoisotopic (exact) mass is 305 g/mol. The third-order valence-electron chi connectivity index (χ3n) is 4.03. The van der Waals surface area contributed by atoms with E-state index < -0.39 is 0 Å². The van der Waals surface area contributed by atoms with Gasteiger partial charge in [0.05, 0.1) is 6.61 Å². The highest BCUT2D eigenvalue weighted by atomic mass is 16.5. The molecule has 0 spiro atoms. The van der Waals surface area contributed by atoms with Crippen molar-refractivity contribution in [3.63, 3.8) is 0 Å². The molecule has 0 unspecified atom stereocenters. The van der Waals surface area contributed by atoms with Crippen LogP contribution in [0.15, 0.2) is 24.3 Å². The molecule has 2 heteroatoms. The maximum absolute atomic E-state index is 5.46. The molecular formula is C20H35NO. The normalized spacial score (nSPS) is 10.8. The van der Waals surface area contributed by atoms with Gasteiger partial charge in [-0.1, -0.05) is 64.0 Å². The molecule has 0 aliphatic heterocycles. The molecule has 0 aliphatic rings. The third-order valence-corrected chi connectivity index (χ3v) is 4.03. The van der Waals surface area contributed by atoms with Crippen LogP contribution in [-0.4, -0.2) is 19.7 Å². The smallest absolute Gasteiger partial charge is 0.119 e. The second kappa shape index (κ2) is 13.6. The second-order valence-corrected chi connectivity index (χ2v) is 6.05. The van der Waals surface area contributed by atoms with Crippen molar-refractivity contribution in [3.8, 4) is 5.75 Å². The number of hydrogen-bond acceptors (Lipinski definition) is 2. The number of nitrogens with one attached hydrogen (secondary N) is 1. The Labute approximate surface area is 137 Å². The predicted molar refractivity (Wildman–Crippen MR) is 96.8 cm³/mol. The largest absolute Gasteiger partial charge is 0.494 e. The van der Waals surface area contributed by atoms with Gasteiger partial charge in [0.15, 0.2) is 0 Å². The lowest BCUT2D eigenvalue weighted by Crippen LogP contribution is -2.18. The molecule has 0 fully saturated rings. The predicted octanol–water partition coefficient (Wildman–Crippen LogP) is 5.36. The van der Waals surface area contributed by atoms with Crippen LogP contribution in [-0.2, 0) is 6.42 Å². The number of unbranched alkanes of at least 4 members (excludes halogenated alkanes) is 7. The summed E-state index contributed by atoms with van der Waals surface area (Å²) in [6.07, 6.45) is 12.2. The summed E-state index contributed by atoms with van der Waals surface area (Å²) in [4.78, 5) is 0. The maximum Gasteiger partial charge on any atom is 0.119 e. The van der Waals surface area contributed by atoms with Gasteiger partial charge < -0.3 is 10.1 Å². The van der Waals surface area contributed by atoms with Crippen LogP contribution in [0, 0.1) is 0 Å². The van der Waals surface area contributed by atoms with Gasteiger partial charge in [-0.2, -0.15) is 0 Å². The van der Waals surface area contributed by atoms with Crippen LogP contribution in [0.25, 0.3) is 0 Å². The zero-order valence-corrected chi connectivity index (χ0v) is 14.7. The molecule has 0 bridgehead atoms.